The predicted octanol–water partition coefficient (Wildman–Crippen LogP) is 11.3. The van der Waals surface area contributed by atoms with Crippen molar-refractivity contribution in [3.63, 3.8) is 0 Å². The largest absolute Gasteiger partial charge is 0.235 e. The first-order valence-corrected chi connectivity index (χ1v) is 21.0. The molecule has 0 N–H and O–H groups in total. The smallest absolute Gasteiger partial charge is 0.116 e. The highest BCUT2D eigenvalue weighted by molar-refractivity contribution is 7.32. The molecule has 0 aliphatic heterocycles. The Kier molecular flexibility index (Phi) is 8.31. The fraction of sp³-hybridized carbons (Fsp3) is 0.590. The lowest BCUT2D eigenvalue weighted by molar-refractivity contribution is 0.547. The molecular weight excluding hydrogens is 557 g/mol. The van der Waals surface area contributed by atoms with E-state index in [4.69, 9.17) is 9.97 Å². The highest BCUT2D eigenvalue weighted by Crippen LogP contribution is 2.47. The van der Waals surface area contributed by atoms with E-state index in [1.165, 1.54) is 115 Å². The molecule has 0 bridgehead atoms. The molecule has 0 atom stereocenters. The van der Waals surface area contributed by atoms with E-state index in [9.17, 15) is 0 Å². The lowest BCUT2D eigenvalue weighted by atomic mass is 9.82. The Bertz CT molecular complexity index is 1530. The van der Waals surface area contributed by atoms with Gasteiger partial charge in [-0.3, -0.25) is 0 Å². The molecule has 3 aliphatic rings. The molecule has 4 heteroatoms. The SMILES string of the molecule is Cc1c([Si](CC2CCCC2)(CC2CCCC2)CC2CCCC2)sc2c(-c3cc(C(C)(C)C)c4ccccc4c3)ncnc12. The summed E-state index contributed by atoms with van der Waals surface area (Å²) in [5, 5.41) is 2.68. The van der Waals surface area contributed by atoms with Crippen LogP contribution in [0.4, 0.5) is 0 Å². The number of hydrogen-bond donors (Lipinski definition) is 0. The van der Waals surface area contributed by atoms with Crippen molar-refractivity contribution in [1.82, 2.24) is 9.97 Å². The van der Waals surface area contributed by atoms with Crippen LogP contribution in [-0.4, -0.2) is 18.0 Å². The Balaban J connectivity index is 1.40. The summed E-state index contributed by atoms with van der Waals surface area (Å²) in [4.78, 5) is 10.1. The third-order valence-corrected chi connectivity index (χ3v) is 19.7. The van der Waals surface area contributed by atoms with E-state index < -0.39 is 8.07 Å². The molecule has 7 rings (SSSR count). The fourth-order valence-electron chi connectivity index (χ4n) is 9.63. The molecule has 0 saturated heterocycles. The quantitative estimate of drug-likeness (QED) is 0.186. The monoisotopic (exact) mass is 608 g/mol. The van der Waals surface area contributed by atoms with Crippen LogP contribution in [0.1, 0.15) is 109 Å². The second kappa shape index (κ2) is 12.0. The maximum Gasteiger partial charge on any atom is 0.116 e. The highest BCUT2D eigenvalue weighted by atomic mass is 32.1. The topological polar surface area (TPSA) is 25.8 Å². The molecule has 4 aromatic rings. The lowest BCUT2D eigenvalue weighted by Gasteiger charge is -2.38. The summed E-state index contributed by atoms with van der Waals surface area (Å²) in [5.74, 6) is 2.87. The van der Waals surface area contributed by atoms with Crippen LogP contribution >= 0.6 is 11.3 Å². The maximum atomic E-state index is 5.07. The van der Waals surface area contributed by atoms with Gasteiger partial charge in [0.1, 0.15) is 14.4 Å². The molecule has 228 valence electrons. The van der Waals surface area contributed by atoms with Gasteiger partial charge in [-0.1, -0.05) is 122 Å². The molecule has 43 heavy (non-hydrogen) atoms. The minimum atomic E-state index is -1.75. The molecule has 0 spiro atoms. The summed E-state index contributed by atoms with van der Waals surface area (Å²) >= 11 is 2.16. The van der Waals surface area contributed by atoms with Crippen molar-refractivity contribution in [2.75, 3.05) is 0 Å². The number of benzene rings is 2. The molecule has 0 radical (unpaired) electrons. The van der Waals surface area contributed by atoms with E-state index in [0.29, 0.717) is 0 Å². The number of aryl methyl sites for hydroxylation is 1. The van der Waals surface area contributed by atoms with Crippen LogP contribution in [-0.2, 0) is 5.41 Å². The molecular formula is C39H52N2SSi. The molecule has 2 nitrogen and oxygen atoms in total. The summed E-state index contributed by atoms with van der Waals surface area (Å²) in [6, 6.07) is 18.4. The van der Waals surface area contributed by atoms with Gasteiger partial charge in [0, 0.05) is 5.56 Å². The van der Waals surface area contributed by atoms with Crippen LogP contribution in [0.3, 0.4) is 0 Å². The van der Waals surface area contributed by atoms with E-state index in [-0.39, 0.29) is 5.41 Å². The zero-order chi connectivity index (χ0) is 29.6. The van der Waals surface area contributed by atoms with Crippen molar-refractivity contribution in [2.45, 2.75) is 128 Å². The molecule has 0 unspecified atom stereocenters. The van der Waals surface area contributed by atoms with E-state index in [0.717, 1.165) is 23.4 Å². The molecule has 3 saturated carbocycles. The Labute approximate surface area is 265 Å². The van der Waals surface area contributed by atoms with Crippen molar-refractivity contribution in [2.24, 2.45) is 17.8 Å². The number of nitrogens with zero attached hydrogens (tertiary/aromatic N) is 2. The minimum Gasteiger partial charge on any atom is -0.235 e. The van der Waals surface area contributed by atoms with Crippen molar-refractivity contribution in [3.8, 4) is 11.3 Å². The van der Waals surface area contributed by atoms with Crippen molar-refractivity contribution >= 4 is 44.9 Å². The van der Waals surface area contributed by atoms with Crippen LogP contribution in [0, 0.1) is 24.7 Å². The van der Waals surface area contributed by atoms with Gasteiger partial charge < -0.3 is 0 Å². The van der Waals surface area contributed by atoms with Gasteiger partial charge in [0.25, 0.3) is 0 Å². The molecule has 2 aromatic heterocycles. The molecule has 2 heterocycles. The van der Waals surface area contributed by atoms with Crippen molar-refractivity contribution in [1.29, 1.82) is 0 Å². The standard InChI is InChI=1S/C39H52N2SSi/c1-27-35-37(36(41-26-40-35)32-21-31-19-11-12-20-33(31)34(22-32)39(2,3)4)42-38(27)43(23-28-13-5-6-14-28,24-29-15-7-8-16-29)25-30-17-9-10-18-30/h11-12,19-22,26,28-30H,5-10,13-18,23-25H2,1-4H3. The Morgan fingerprint density at radius 1 is 0.767 bits per heavy atom. The fourth-order valence-corrected chi connectivity index (χ4v) is 19.1. The summed E-state index contributed by atoms with van der Waals surface area (Å²) in [5.41, 5.74) is 6.67. The number of hydrogen-bond acceptors (Lipinski definition) is 3. The van der Waals surface area contributed by atoms with E-state index in [2.05, 4.69) is 75.4 Å². The number of rotatable bonds is 8. The zero-order valence-electron chi connectivity index (χ0n) is 27.2. The number of fused-ring (bicyclic) bond motifs is 2. The first kappa shape index (κ1) is 29.7. The second-order valence-corrected chi connectivity index (χ2v) is 21.5. The average molecular weight is 609 g/mol. The van der Waals surface area contributed by atoms with E-state index in [1.807, 2.05) is 10.8 Å². The number of thiophene rings is 1. The van der Waals surface area contributed by atoms with Gasteiger partial charge in [-0.25, -0.2) is 9.97 Å². The minimum absolute atomic E-state index is 0.0597. The number of aromatic nitrogens is 2. The maximum absolute atomic E-state index is 5.07. The van der Waals surface area contributed by atoms with E-state index >= 15 is 0 Å². The normalized spacial score (nSPS) is 19.4. The average Bonchev–Trinajstić information content (AvgIpc) is 3.82. The van der Waals surface area contributed by atoms with Crippen LogP contribution in [0.5, 0.6) is 0 Å². The third kappa shape index (κ3) is 5.88. The Morgan fingerprint density at radius 2 is 1.33 bits per heavy atom. The zero-order valence-corrected chi connectivity index (χ0v) is 29.0. The first-order valence-electron chi connectivity index (χ1n) is 17.6. The van der Waals surface area contributed by atoms with Gasteiger partial charge in [0.2, 0.25) is 0 Å². The van der Waals surface area contributed by atoms with Gasteiger partial charge in [0.05, 0.1) is 15.9 Å². The Hall–Kier alpha value is -2.04. The summed E-state index contributed by atoms with van der Waals surface area (Å²) < 4.78 is 3.18. The lowest BCUT2D eigenvalue weighted by Crippen LogP contribution is -2.50. The van der Waals surface area contributed by atoms with Gasteiger partial charge in [-0.05, 0) is 86.8 Å². The first-order chi connectivity index (χ1) is 20.8. The second-order valence-electron chi connectivity index (χ2n) is 15.8. The summed E-state index contributed by atoms with van der Waals surface area (Å²) in [6.45, 7) is 9.48. The molecule has 3 fully saturated rings. The molecule has 3 aliphatic carbocycles. The summed E-state index contributed by atoms with van der Waals surface area (Å²) in [6.07, 6.45) is 19.5. The van der Waals surface area contributed by atoms with Gasteiger partial charge in [-0.2, -0.15) is 0 Å². The summed E-state index contributed by atoms with van der Waals surface area (Å²) in [7, 11) is -1.75. The van der Waals surface area contributed by atoms with Gasteiger partial charge in [-0.15, -0.1) is 11.3 Å². The van der Waals surface area contributed by atoms with Crippen LogP contribution in [0.2, 0.25) is 18.1 Å². The predicted molar refractivity (Wildman–Crippen MR) is 189 cm³/mol. The van der Waals surface area contributed by atoms with Gasteiger partial charge in [0.15, 0.2) is 0 Å². The van der Waals surface area contributed by atoms with E-state index in [1.54, 1.807) is 18.1 Å². The highest BCUT2D eigenvalue weighted by Gasteiger charge is 2.45. The van der Waals surface area contributed by atoms with Crippen LogP contribution in [0.15, 0.2) is 42.7 Å². The van der Waals surface area contributed by atoms with Crippen LogP contribution < -0.4 is 4.50 Å². The van der Waals surface area contributed by atoms with Crippen LogP contribution in [0.25, 0.3) is 32.2 Å². The molecule has 0 amide bonds. The van der Waals surface area contributed by atoms with Crippen molar-refractivity contribution < 1.29 is 0 Å². The molecule has 2 aromatic carbocycles. The Morgan fingerprint density at radius 3 is 1.88 bits per heavy atom. The third-order valence-electron chi connectivity index (χ3n) is 11.6. The van der Waals surface area contributed by atoms with Crippen molar-refractivity contribution in [3.05, 3.63) is 53.9 Å². The van der Waals surface area contributed by atoms with Gasteiger partial charge >= 0.3 is 0 Å².